The van der Waals surface area contributed by atoms with E-state index in [9.17, 15) is 4.79 Å². The number of rotatable bonds is 3. The fraction of sp³-hybridized carbons (Fsp3) is 0.500. The lowest BCUT2D eigenvalue weighted by molar-refractivity contribution is 0.0948. The first-order chi connectivity index (χ1) is 10.5. The number of hydrogen-bond donors (Lipinski definition) is 1. The van der Waals surface area contributed by atoms with E-state index in [2.05, 4.69) is 20.3 Å². The molecule has 0 saturated heterocycles. The van der Waals surface area contributed by atoms with E-state index in [0.717, 1.165) is 23.5 Å². The molecule has 1 N–H and O–H groups in total. The van der Waals surface area contributed by atoms with E-state index in [4.69, 9.17) is 0 Å². The molecule has 2 heterocycles. The highest BCUT2D eigenvalue weighted by molar-refractivity contribution is 7.11. The van der Waals surface area contributed by atoms with Gasteiger partial charge < -0.3 is 5.32 Å². The summed E-state index contributed by atoms with van der Waals surface area (Å²) < 4.78 is 0. The van der Waals surface area contributed by atoms with Crippen molar-refractivity contribution in [3.63, 3.8) is 0 Å². The summed E-state index contributed by atoms with van der Waals surface area (Å²) in [5.41, 5.74) is 2.46. The van der Waals surface area contributed by atoms with Crippen LogP contribution in [0.2, 0.25) is 0 Å². The molecular formula is C16H20N4OS. The van der Waals surface area contributed by atoms with Crippen LogP contribution in [0.5, 0.6) is 0 Å². The van der Waals surface area contributed by atoms with E-state index in [1.165, 1.54) is 17.0 Å². The van der Waals surface area contributed by atoms with Crippen LogP contribution in [-0.4, -0.2) is 27.4 Å². The fourth-order valence-corrected chi connectivity index (χ4v) is 4.01. The molecule has 0 unspecified atom stereocenters. The molecule has 0 aliphatic heterocycles. The standard InChI is InChI=1S/C16H20N4OS/c1-9-13(8-17-10(2)19-9)16(21)18-7-12-5-4-6-14-15(12)20-11(3)22-14/h8,12H,4-7H2,1-3H3,(H,18,21)/t12-/m0/s1. The average Bonchev–Trinajstić information content (AvgIpc) is 2.85. The molecule has 22 heavy (non-hydrogen) atoms. The summed E-state index contributed by atoms with van der Waals surface area (Å²) in [7, 11) is 0. The Morgan fingerprint density at radius 3 is 2.95 bits per heavy atom. The van der Waals surface area contributed by atoms with Crippen molar-refractivity contribution in [1.82, 2.24) is 20.3 Å². The topological polar surface area (TPSA) is 67.8 Å². The maximum Gasteiger partial charge on any atom is 0.254 e. The molecule has 6 heteroatoms. The zero-order valence-corrected chi connectivity index (χ0v) is 14.0. The highest BCUT2D eigenvalue weighted by Gasteiger charge is 2.24. The van der Waals surface area contributed by atoms with Crippen LogP contribution in [0.1, 0.15) is 56.2 Å². The minimum absolute atomic E-state index is 0.100. The first kappa shape index (κ1) is 15.1. The molecule has 2 aromatic rings. The third-order valence-corrected chi connectivity index (χ3v) is 5.08. The molecule has 0 fully saturated rings. The largest absolute Gasteiger partial charge is 0.351 e. The van der Waals surface area contributed by atoms with Crippen LogP contribution < -0.4 is 5.32 Å². The maximum atomic E-state index is 12.3. The second kappa shape index (κ2) is 6.12. The third-order valence-electron chi connectivity index (χ3n) is 4.03. The lowest BCUT2D eigenvalue weighted by Gasteiger charge is -2.21. The van der Waals surface area contributed by atoms with Gasteiger partial charge in [0.25, 0.3) is 5.91 Å². The summed E-state index contributed by atoms with van der Waals surface area (Å²) in [6.45, 7) is 6.34. The van der Waals surface area contributed by atoms with Crippen molar-refractivity contribution in [2.45, 2.75) is 46.0 Å². The van der Waals surface area contributed by atoms with Crippen LogP contribution in [0.25, 0.3) is 0 Å². The van der Waals surface area contributed by atoms with Gasteiger partial charge in [-0.25, -0.2) is 15.0 Å². The average molecular weight is 316 g/mol. The smallest absolute Gasteiger partial charge is 0.254 e. The first-order valence-electron chi connectivity index (χ1n) is 7.59. The second-order valence-electron chi connectivity index (χ2n) is 5.76. The lowest BCUT2D eigenvalue weighted by atomic mass is 9.91. The highest BCUT2D eigenvalue weighted by atomic mass is 32.1. The molecule has 2 aromatic heterocycles. The molecule has 1 amide bonds. The molecule has 0 bridgehead atoms. The summed E-state index contributed by atoms with van der Waals surface area (Å²) in [5, 5.41) is 4.14. The van der Waals surface area contributed by atoms with Gasteiger partial charge in [-0.05, 0) is 40.0 Å². The molecular weight excluding hydrogens is 296 g/mol. The fourth-order valence-electron chi connectivity index (χ4n) is 2.95. The maximum absolute atomic E-state index is 12.3. The zero-order chi connectivity index (χ0) is 15.7. The van der Waals surface area contributed by atoms with Crippen LogP contribution in [0, 0.1) is 20.8 Å². The van der Waals surface area contributed by atoms with Gasteiger partial charge in [-0.1, -0.05) is 0 Å². The molecule has 1 atom stereocenters. The highest BCUT2D eigenvalue weighted by Crippen LogP contribution is 2.34. The number of hydrogen-bond acceptors (Lipinski definition) is 5. The Morgan fingerprint density at radius 2 is 2.18 bits per heavy atom. The van der Waals surface area contributed by atoms with E-state index in [1.807, 2.05) is 20.8 Å². The number of amides is 1. The summed E-state index contributed by atoms with van der Waals surface area (Å²) >= 11 is 1.78. The van der Waals surface area contributed by atoms with Crippen LogP contribution >= 0.6 is 11.3 Å². The minimum Gasteiger partial charge on any atom is -0.351 e. The SMILES string of the molecule is Cc1ncc(C(=O)NC[C@@H]2CCCc3sc(C)nc32)c(C)n1. The number of carbonyl (C=O) groups is 1. The molecule has 0 saturated carbocycles. The van der Waals surface area contributed by atoms with Gasteiger partial charge in [0.2, 0.25) is 0 Å². The number of fused-ring (bicyclic) bond motifs is 1. The van der Waals surface area contributed by atoms with Crippen LogP contribution in [0.15, 0.2) is 6.20 Å². The molecule has 0 spiro atoms. The number of aromatic nitrogens is 3. The van der Waals surface area contributed by atoms with Crippen molar-refractivity contribution in [2.24, 2.45) is 0 Å². The van der Waals surface area contributed by atoms with E-state index in [0.29, 0.717) is 23.9 Å². The molecule has 0 aromatic carbocycles. The Hall–Kier alpha value is -1.82. The minimum atomic E-state index is -0.100. The Kier molecular flexibility index (Phi) is 4.20. The van der Waals surface area contributed by atoms with Gasteiger partial charge in [-0.3, -0.25) is 4.79 Å². The van der Waals surface area contributed by atoms with Crippen molar-refractivity contribution < 1.29 is 4.79 Å². The second-order valence-corrected chi connectivity index (χ2v) is 7.04. The third kappa shape index (κ3) is 3.02. The van der Waals surface area contributed by atoms with Crippen molar-refractivity contribution in [3.05, 3.63) is 38.9 Å². The monoisotopic (exact) mass is 316 g/mol. The van der Waals surface area contributed by atoms with Gasteiger partial charge in [0.05, 0.1) is 22.0 Å². The van der Waals surface area contributed by atoms with Crippen LogP contribution in [0.4, 0.5) is 0 Å². The summed E-state index contributed by atoms with van der Waals surface area (Å²) in [6.07, 6.45) is 4.98. The van der Waals surface area contributed by atoms with Crippen LogP contribution in [-0.2, 0) is 6.42 Å². The quantitative estimate of drug-likeness (QED) is 0.945. The predicted molar refractivity (Wildman–Crippen MR) is 86.4 cm³/mol. The number of nitrogens with one attached hydrogen (secondary N) is 1. The number of aryl methyl sites for hydroxylation is 4. The number of thiazole rings is 1. The zero-order valence-electron chi connectivity index (χ0n) is 13.1. The Morgan fingerprint density at radius 1 is 1.36 bits per heavy atom. The normalized spacial score (nSPS) is 17.1. The lowest BCUT2D eigenvalue weighted by Crippen LogP contribution is -2.30. The number of nitrogens with zero attached hydrogens (tertiary/aromatic N) is 3. The molecule has 0 radical (unpaired) electrons. The molecule has 3 rings (SSSR count). The van der Waals surface area contributed by atoms with Crippen molar-refractivity contribution in [2.75, 3.05) is 6.54 Å². The van der Waals surface area contributed by atoms with Crippen molar-refractivity contribution in [1.29, 1.82) is 0 Å². The van der Waals surface area contributed by atoms with E-state index < -0.39 is 0 Å². The van der Waals surface area contributed by atoms with E-state index >= 15 is 0 Å². The van der Waals surface area contributed by atoms with Gasteiger partial charge in [-0.2, -0.15) is 0 Å². The van der Waals surface area contributed by atoms with Gasteiger partial charge in [-0.15, -0.1) is 11.3 Å². The van der Waals surface area contributed by atoms with Crippen molar-refractivity contribution in [3.8, 4) is 0 Å². The van der Waals surface area contributed by atoms with Gasteiger partial charge in [0, 0.05) is 23.5 Å². The summed E-state index contributed by atoms with van der Waals surface area (Å²) in [4.78, 5) is 26.7. The molecule has 1 aliphatic carbocycles. The van der Waals surface area contributed by atoms with E-state index in [-0.39, 0.29) is 5.91 Å². The predicted octanol–water partition coefficient (Wildman–Crippen LogP) is 2.71. The Labute approximate surface area is 134 Å². The number of carbonyl (C=O) groups excluding carboxylic acids is 1. The first-order valence-corrected chi connectivity index (χ1v) is 8.41. The summed E-state index contributed by atoms with van der Waals surface area (Å²) in [6, 6.07) is 0. The Balaban J connectivity index is 1.69. The van der Waals surface area contributed by atoms with Gasteiger partial charge in [0.1, 0.15) is 5.82 Å². The Bertz CT molecular complexity index is 710. The van der Waals surface area contributed by atoms with Crippen molar-refractivity contribution >= 4 is 17.2 Å². The van der Waals surface area contributed by atoms with E-state index in [1.54, 1.807) is 17.5 Å². The molecule has 116 valence electrons. The van der Waals surface area contributed by atoms with Gasteiger partial charge >= 0.3 is 0 Å². The van der Waals surface area contributed by atoms with Gasteiger partial charge in [0.15, 0.2) is 0 Å². The molecule has 1 aliphatic rings. The summed E-state index contributed by atoms with van der Waals surface area (Å²) in [5.74, 6) is 0.907. The van der Waals surface area contributed by atoms with Crippen LogP contribution in [0.3, 0.4) is 0 Å². The molecule has 5 nitrogen and oxygen atoms in total.